The number of nitrogens with one attached hydrogen (secondary N) is 8. The second-order valence-corrected chi connectivity index (χ2v) is 17.9. The summed E-state index contributed by atoms with van der Waals surface area (Å²) in [6, 6.07) is 14.0. The van der Waals surface area contributed by atoms with E-state index in [1.165, 1.54) is 45.4 Å². The SMILES string of the molecule is CN(CCCN)CCCNC(=O)c1cc(NC(=O)CCNC(=O)c2nc(NC(=O)[C@@H](CCNC(=O)c3cc(NC(=O)c4nc(NC(=O)c5cccn5C)cn4C)cn3C)NC(=O)OCc3ccccc3)cn2C)cn1C. The highest BCUT2D eigenvalue weighted by molar-refractivity contribution is 6.05. The maximum absolute atomic E-state index is 13.8. The zero-order chi connectivity index (χ0) is 54.9. The number of rotatable bonds is 26. The molecule has 8 amide bonds. The van der Waals surface area contributed by atoms with Crippen molar-refractivity contribution in [2.45, 2.75) is 38.3 Å². The lowest BCUT2D eigenvalue weighted by Crippen LogP contribution is -2.46. The molecule has 0 unspecified atom stereocenters. The lowest BCUT2D eigenvalue weighted by molar-refractivity contribution is -0.118. The van der Waals surface area contributed by atoms with Crippen molar-refractivity contribution in [2.24, 2.45) is 41.0 Å². The number of nitrogens with zero attached hydrogens (tertiary/aromatic N) is 8. The van der Waals surface area contributed by atoms with Gasteiger partial charge >= 0.3 is 6.09 Å². The summed E-state index contributed by atoms with van der Waals surface area (Å²) in [6.07, 6.45) is 8.26. The van der Waals surface area contributed by atoms with Crippen molar-refractivity contribution in [1.29, 1.82) is 0 Å². The van der Waals surface area contributed by atoms with Gasteiger partial charge in [0.2, 0.25) is 23.5 Å². The minimum atomic E-state index is -1.27. The molecule has 6 aromatic rings. The molecule has 0 radical (unpaired) electrons. The number of amides is 8. The van der Waals surface area contributed by atoms with E-state index in [0.717, 1.165) is 25.9 Å². The molecular formula is C50H65N17O9. The predicted octanol–water partition coefficient (Wildman–Crippen LogP) is 1.89. The van der Waals surface area contributed by atoms with Crippen LogP contribution in [0.5, 0.6) is 0 Å². The Hall–Kier alpha value is -9.04. The smallest absolute Gasteiger partial charge is 0.408 e. The Balaban J connectivity index is 0.995. The lowest BCUT2D eigenvalue weighted by atomic mass is 10.2. The molecule has 26 nitrogen and oxygen atoms in total. The van der Waals surface area contributed by atoms with E-state index in [2.05, 4.69) is 57.4 Å². The molecule has 0 aliphatic heterocycles. The van der Waals surface area contributed by atoms with Gasteiger partial charge in [-0.1, -0.05) is 30.3 Å². The van der Waals surface area contributed by atoms with Crippen molar-refractivity contribution in [2.75, 3.05) is 67.6 Å². The number of hydrogen-bond acceptors (Lipinski definition) is 13. The Kier molecular flexibility index (Phi) is 19.8. The van der Waals surface area contributed by atoms with Gasteiger partial charge in [0.25, 0.3) is 29.5 Å². The van der Waals surface area contributed by atoms with Crippen LogP contribution in [-0.2, 0) is 56.2 Å². The minimum absolute atomic E-state index is 0.00764. The van der Waals surface area contributed by atoms with Crippen molar-refractivity contribution < 1.29 is 43.1 Å². The van der Waals surface area contributed by atoms with E-state index in [9.17, 15) is 38.4 Å². The molecule has 26 heteroatoms. The van der Waals surface area contributed by atoms with Crippen LogP contribution < -0.4 is 48.3 Å². The van der Waals surface area contributed by atoms with Crippen molar-refractivity contribution in [1.82, 2.24) is 59.0 Å². The molecule has 0 spiro atoms. The molecule has 6 rings (SSSR count). The van der Waals surface area contributed by atoms with E-state index < -0.39 is 47.6 Å². The van der Waals surface area contributed by atoms with Crippen LogP contribution in [0.4, 0.5) is 27.8 Å². The molecule has 1 aromatic carbocycles. The summed E-state index contributed by atoms with van der Waals surface area (Å²) < 4.78 is 12.9. The van der Waals surface area contributed by atoms with Crippen molar-refractivity contribution in [3.63, 3.8) is 0 Å². The van der Waals surface area contributed by atoms with Gasteiger partial charge in [0.1, 0.15) is 29.7 Å². The van der Waals surface area contributed by atoms with Gasteiger partial charge in [-0.05, 0) is 75.8 Å². The van der Waals surface area contributed by atoms with Gasteiger partial charge in [-0.2, -0.15) is 0 Å². The third-order valence-electron chi connectivity index (χ3n) is 11.8. The number of anilines is 4. The van der Waals surface area contributed by atoms with Gasteiger partial charge < -0.3 is 80.7 Å². The van der Waals surface area contributed by atoms with E-state index in [1.807, 2.05) is 13.1 Å². The zero-order valence-corrected chi connectivity index (χ0v) is 43.3. The standard InChI is InChI=1S/C50H65N17O9/c1-62(22-11-18-51)23-12-19-52-45(70)37-25-33(27-64(37)3)55-41(68)17-21-54-48(73)42-58-39(29-66(42)5)60-44(69)35(57-50(75)76-31-32-13-8-7-9-14-32)16-20-53-46(71)38-26-34(28-65(38)4)56-49(74)43-59-40(30-67(43)6)61-47(72)36-15-10-24-63(36)2/h7-10,13-15,24-30,35H,11-12,16-23,31,51H2,1-6H3,(H,52,70)(H,53,71)(H,54,73)(H,55,68)(H,56,74)(H,57,75)(H,60,69)(H,61,72)/t35-/m1/s1. The Bertz CT molecular complexity index is 3020. The molecule has 0 aliphatic rings. The first-order valence-electron chi connectivity index (χ1n) is 24.3. The fourth-order valence-electron chi connectivity index (χ4n) is 7.77. The van der Waals surface area contributed by atoms with E-state index in [0.29, 0.717) is 35.7 Å². The third-order valence-corrected chi connectivity index (χ3v) is 11.8. The summed E-state index contributed by atoms with van der Waals surface area (Å²) in [4.78, 5) is 116. The van der Waals surface area contributed by atoms with Crippen molar-refractivity contribution in [3.05, 3.63) is 120 Å². The molecule has 0 saturated heterocycles. The molecular weight excluding hydrogens is 983 g/mol. The van der Waals surface area contributed by atoms with E-state index in [-0.39, 0.29) is 73.1 Å². The second kappa shape index (κ2) is 26.8. The Morgan fingerprint density at radius 3 is 1.83 bits per heavy atom. The van der Waals surface area contributed by atoms with Gasteiger partial charge in [-0.25, -0.2) is 14.8 Å². The van der Waals surface area contributed by atoms with Gasteiger partial charge in [0.15, 0.2) is 11.6 Å². The first-order valence-corrected chi connectivity index (χ1v) is 24.3. The Morgan fingerprint density at radius 1 is 0.605 bits per heavy atom. The topological polar surface area (TPSA) is 322 Å². The molecule has 76 heavy (non-hydrogen) atoms. The molecule has 404 valence electrons. The molecule has 0 bridgehead atoms. The average molecular weight is 1050 g/mol. The van der Waals surface area contributed by atoms with Crippen LogP contribution in [-0.4, -0.2) is 138 Å². The number of hydrogen-bond donors (Lipinski definition) is 9. The number of aryl methyl sites for hydroxylation is 5. The number of benzene rings is 1. The van der Waals surface area contributed by atoms with Crippen LogP contribution >= 0.6 is 0 Å². The summed E-state index contributed by atoms with van der Waals surface area (Å²) >= 11 is 0. The number of nitrogens with two attached hydrogens (primary N) is 1. The van der Waals surface area contributed by atoms with E-state index in [1.54, 1.807) is 92.2 Å². The Morgan fingerprint density at radius 2 is 1.20 bits per heavy atom. The highest BCUT2D eigenvalue weighted by atomic mass is 16.5. The normalized spacial score (nSPS) is 11.4. The van der Waals surface area contributed by atoms with Gasteiger partial charge in [0.05, 0.1) is 11.4 Å². The molecule has 10 N–H and O–H groups in total. The first-order chi connectivity index (χ1) is 36.4. The Labute approximate surface area is 438 Å². The van der Waals surface area contributed by atoms with E-state index >= 15 is 0 Å². The number of carbonyl (C=O) groups excluding carboxylic acids is 8. The third kappa shape index (κ3) is 16.0. The molecule has 5 aromatic heterocycles. The molecule has 0 fully saturated rings. The minimum Gasteiger partial charge on any atom is -0.445 e. The van der Waals surface area contributed by atoms with Crippen LogP contribution in [0.3, 0.4) is 0 Å². The maximum atomic E-state index is 13.8. The summed E-state index contributed by atoms with van der Waals surface area (Å²) in [6.45, 7) is 2.53. The van der Waals surface area contributed by atoms with Crippen molar-refractivity contribution in [3.8, 4) is 0 Å². The highest BCUT2D eigenvalue weighted by Crippen LogP contribution is 2.17. The van der Waals surface area contributed by atoms with Crippen LogP contribution in [0, 0.1) is 0 Å². The monoisotopic (exact) mass is 1050 g/mol. The summed E-state index contributed by atoms with van der Waals surface area (Å²) in [7, 11) is 10.2. The summed E-state index contributed by atoms with van der Waals surface area (Å²) in [5, 5.41) is 21.5. The molecule has 1 atom stereocenters. The van der Waals surface area contributed by atoms with Crippen LogP contribution in [0.15, 0.2) is 85.6 Å². The average Bonchev–Trinajstić information content (AvgIpc) is 4.23. The maximum Gasteiger partial charge on any atom is 0.408 e. The van der Waals surface area contributed by atoms with Crippen LogP contribution in [0.25, 0.3) is 0 Å². The van der Waals surface area contributed by atoms with E-state index in [4.69, 9.17) is 10.5 Å². The van der Waals surface area contributed by atoms with Gasteiger partial charge in [-0.15, -0.1) is 0 Å². The van der Waals surface area contributed by atoms with Crippen molar-refractivity contribution >= 4 is 70.5 Å². The van der Waals surface area contributed by atoms with Crippen LogP contribution in [0.2, 0.25) is 0 Å². The lowest BCUT2D eigenvalue weighted by Gasteiger charge is -2.18. The number of carbonyl (C=O) groups is 8. The van der Waals surface area contributed by atoms with Crippen LogP contribution in [0.1, 0.15) is 84.0 Å². The zero-order valence-electron chi connectivity index (χ0n) is 43.3. The predicted molar refractivity (Wildman–Crippen MR) is 281 cm³/mol. The fraction of sp³-hybridized carbons (Fsp3) is 0.360. The fourth-order valence-corrected chi connectivity index (χ4v) is 7.77. The number of imidazole rings is 2. The first kappa shape index (κ1) is 56.3. The molecule has 0 aliphatic carbocycles. The van der Waals surface area contributed by atoms with Gasteiger partial charge in [-0.3, -0.25) is 33.6 Å². The number of alkyl carbamates (subject to hydrolysis) is 1. The quantitative estimate of drug-likeness (QED) is 0.0351. The molecule has 0 saturated carbocycles. The summed E-state index contributed by atoms with van der Waals surface area (Å²) in [5.74, 6) is -3.60. The molecule has 5 heterocycles. The number of aromatic nitrogens is 7. The van der Waals surface area contributed by atoms with Gasteiger partial charge in [0, 0.05) is 92.3 Å². The highest BCUT2D eigenvalue weighted by Gasteiger charge is 2.25. The summed E-state index contributed by atoms with van der Waals surface area (Å²) in [5.41, 5.74) is 7.88. The second-order valence-electron chi connectivity index (χ2n) is 17.9. The number of ether oxygens (including phenoxy) is 1. The largest absolute Gasteiger partial charge is 0.445 e.